The van der Waals surface area contributed by atoms with E-state index < -0.39 is 5.41 Å². The predicted octanol–water partition coefficient (Wildman–Crippen LogP) is 3.26. The molecule has 1 unspecified atom stereocenters. The zero-order valence-corrected chi connectivity index (χ0v) is 15.0. The largest absolute Gasteiger partial charge is 0.468 e. The van der Waals surface area contributed by atoms with E-state index in [-0.39, 0.29) is 12.0 Å². The molecule has 4 nitrogen and oxygen atoms in total. The number of aromatic nitrogens is 1. The number of H-pyrrole nitrogens is 1. The van der Waals surface area contributed by atoms with Crippen LogP contribution in [0.15, 0.2) is 24.3 Å². The number of carbonyl (C=O) groups excluding carboxylic acids is 1. The summed E-state index contributed by atoms with van der Waals surface area (Å²) in [6.45, 7) is 4.46. The van der Waals surface area contributed by atoms with Gasteiger partial charge in [0.15, 0.2) is 0 Å². The lowest BCUT2D eigenvalue weighted by Gasteiger charge is -2.57. The summed E-state index contributed by atoms with van der Waals surface area (Å²) in [5.41, 5.74) is 3.11. The van der Waals surface area contributed by atoms with Gasteiger partial charge in [-0.1, -0.05) is 31.5 Å². The molecular formula is C21H26N2O2. The smallest absolute Gasteiger partial charge is 0.319 e. The summed E-state index contributed by atoms with van der Waals surface area (Å²) < 4.78 is 5.43. The normalized spacial score (nSPS) is 36.1. The van der Waals surface area contributed by atoms with Crippen molar-refractivity contribution in [3.8, 4) is 0 Å². The van der Waals surface area contributed by atoms with E-state index in [0.717, 1.165) is 43.6 Å². The Bertz CT molecular complexity index is 842. The Morgan fingerprint density at radius 2 is 2.24 bits per heavy atom. The molecule has 1 saturated carbocycles. The Morgan fingerprint density at radius 1 is 1.40 bits per heavy atom. The number of aromatic amines is 1. The number of hydrogen-bond acceptors (Lipinski definition) is 3. The minimum Gasteiger partial charge on any atom is -0.468 e. The second-order valence-electron chi connectivity index (χ2n) is 8.15. The number of benzene rings is 1. The summed E-state index contributed by atoms with van der Waals surface area (Å²) in [6, 6.07) is 8.75. The van der Waals surface area contributed by atoms with Gasteiger partial charge in [-0.05, 0) is 42.7 Å². The predicted molar refractivity (Wildman–Crippen MR) is 97.6 cm³/mol. The van der Waals surface area contributed by atoms with Gasteiger partial charge in [-0.3, -0.25) is 9.69 Å². The summed E-state index contributed by atoms with van der Waals surface area (Å²) in [7, 11) is 1.55. The summed E-state index contributed by atoms with van der Waals surface area (Å²) in [5, 5.41) is 1.28. The van der Waals surface area contributed by atoms with E-state index in [1.54, 1.807) is 7.11 Å². The fourth-order valence-corrected chi connectivity index (χ4v) is 6.27. The van der Waals surface area contributed by atoms with Crippen molar-refractivity contribution in [3.63, 3.8) is 0 Å². The second kappa shape index (κ2) is 5.34. The highest BCUT2D eigenvalue weighted by Crippen LogP contribution is 2.55. The Hall–Kier alpha value is -1.81. The van der Waals surface area contributed by atoms with Crippen LogP contribution in [0.3, 0.4) is 0 Å². The summed E-state index contributed by atoms with van der Waals surface area (Å²) in [6.07, 6.45) is 4.33. The van der Waals surface area contributed by atoms with Crippen LogP contribution >= 0.6 is 0 Å². The molecule has 0 spiro atoms. The maximum Gasteiger partial charge on any atom is 0.319 e. The maximum atomic E-state index is 13.3. The van der Waals surface area contributed by atoms with Crippen LogP contribution in [0.2, 0.25) is 0 Å². The van der Waals surface area contributed by atoms with Crippen LogP contribution in [-0.2, 0) is 21.4 Å². The number of nitrogens with one attached hydrogen (secondary N) is 1. The summed E-state index contributed by atoms with van der Waals surface area (Å²) in [5.74, 6) is 1.12. The molecule has 1 N–H and O–H groups in total. The zero-order chi connectivity index (χ0) is 17.2. The van der Waals surface area contributed by atoms with Gasteiger partial charge in [0.2, 0.25) is 0 Å². The monoisotopic (exact) mass is 338 g/mol. The Balaban J connectivity index is 1.81. The Kier molecular flexibility index (Phi) is 3.30. The second-order valence-corrected chi connectivity index (χ2v) is 8.15. The number of carbonyl (C=O) groups is 1. The van der Waals surface area contributed by atoms with E-state index in [2.05, 4.69) is 41.1 Å². The van der Waals surface area contributed by atoms with Crippen LogP contribution in [-0.4, -0.2) is 42.1 Å². The van der Waals surface area contributed by atoms with Crippen LogP contribution in [0.4, 0.5) is 0 Å². The van der Waals surface area contributed by atoms with Crippen molar-refractivity contribution < 1.29 is 9.53 Å². The summed E-state index contributed by atoms with van der Waals surface area (Å²) in [4.78, 5) is 19.5. The Morgan fingerprint density at radius 3 is 3.04 bits per heavy atom. The third-order valence-electron chi connectivity index (χ3n) is 7.07. The van der Waals surface area contributed by atoms with Crippen molar-refractivity contribution in [2.24, 2.45) is 11.8 Å². The van der Waals surface area contributed by atoms with Gasteiger partial charge < -0.3 is 9.72 Å². The minimum absolute atomic E-state index is 0.0416. The molecule has 1 aliphatic carbocycles. The highest BCUT2D eigenvalue weighted by atomic mass is 16.5. The van der Waals surface area contributed by atoms with E-state index in [1.807, 2.05) is 0 Å². The number of piperidine rings is 2. The Labute approximate surface area is 148 Å². The molecule has 5 atom stereocenters. The zero-order valence-electron chi connectivity index (χ0n) is 15.0. The fourth-order valence-electron chi connectivity index (χ4n) is 6.27. The van der Waals surface area contributed by atoms with Gasteiger partial charge in [0.1, 0.15) is 5.41 Å². The molecule has 2 aromatic rings. The van der Waals surface area contributed by atoms with Crippen molar-refractivity contribution >= 4 is 16.9 Å². The van der Waals surface area contributed by atoms with Gasteiger partial charge in [0, 0.05) is 35.7 Å². The SMILES string of the molecule is CC[C@H]1C[C@H]2CN3CCc4c([nH]c5ccccc45)[C@@](C(=O)OC)(C2)[C@@H]13. The number of para-hydroxylation sites is 1. The van der Waals surface area contributed by atoms with Crippen LogP contribution < -0.4 is 0 Å². The van der Waals surface area contributed by atoms with Gasteiger partial charge in [-0.15, -0.1) is 0 Å². The van der Waals surface area contributed by atoms with Crippen LogP contribution in [0.5, 0.6) is 0 Å². The molecule has 4 bridgehead atoms. The van der Waals surface area contributed by atoms with Gasteiger partial charge in [-0.25, -0.2) is 0 Å². The number of nitrogens with zero attached hydrogens (tertiary/aromatic N) is 1. The summed E-state index contributed by atoms with van der Waals surface area (Å²) >= 11 is 0. The van der Waals surface area contributed by atoms with Crippen LogP contribution in [0.1, 0.15) is 37.4 Å². The van der Waals surface area contributed by atoms with Gasteiger partial charge in [0.25, 0.3) is 0 Å². The molecule has 0 amide bonds. The number of methoxy groups -OCH3 is 1. The molecule has 132 valence electrons. The number of rotatable bonds is 2. The van der Waals surface area contributed by atoms with E-state index in [1.165, 1.54) is 17.4 Å². The third-order valence-corrected chi connectivity index (χ3v) is 7.07. The van der Waals surface area contributed by atoms with Gasteiger partial charge >= 0.3 is 5.97 Å². The first kappa shape index (κ1) is 15.4. The van der Waals surface area contributed by atoms with E-state index in [4.69, 9.17) is 4.74 Å². The van der Waals surface area contributed by atoms with E-state index in [0.29, 0.717) is 11.8 Å². The van der Waals surface area contributed by atoms with E-state index in [9.17, 15) is 4.79 Å². The molecule has 1 aromatic carbocycles. The molecule has 2 saturated heterocycles. The average Bonchev–Trinajstić information content (AvgIpc) is 3.00. The molecule has 0 radical (unpaired) electrons. The fraction of sp³-hybridized carbons (Fsp3) is 0.571. The molecule has 4 aliphatic rings. The third kappa shape index (κ3) is 1.89. The minimum atomic E-state index is -0.526. The molecule has 3 fully saturated rings. The lowest BCUT2D eigenvalue weighted by Crippen LogP contribution is -2.67. The average molecular weight is 338 g/mol. The topological polar surface area (TPSA) is 45.3 Å². The highest BCUT2D eigenvalue weighted by molar-refractivity contribution is 5.91. The number of ether oxygens (including phenoxy) is 1. The molecule has 6 rings (SSSR count). The molecule has 1 aromatic heterocycles. The van der Waals surface area contributed by atoms with Gasteiger partial charge in [0.05, 0.1) is 7.11 Å². The number of esters is 1. The van der Waals surface area contributed by atoms with Gasteiger partial charge in [-0.2, -0.15) is 0 Å². The molecule has 4 heterocycles. The molecule has 3 aliphatic heterocycles. The lowest BCUT2D eigenvalue weighted by atomic mass is 9.56. The highest BCUT2D eigenvalue weighted by Gasteiger charge is 2.62. The molecule has 4 heteroatoms. The number of hydrogen-bond donors (Lipinski definition) is 1. The van der Waals surface area contributed by atoms with Crippen molar-refractivity contribution in [1.29, 1.82) is 0 Å². The van der Waals surface area contributed by atoms with Crippen molar-refractivity contribution in [2.75, 3.05) is 20.2 Å². The molecular weight excluding hydrogens is 312 g/mol. The quantitative estimate of drug-likeness (QED) is 0.855. The van der Waals surface area contributed by atoms with Crippen LogP contribution in [0.25, 0.3) is 10.9 Å². The maximum absolute atomic E-state index is 13.3. The van der Waals surface area contributed by atoms with Crippen LogP contribution in [0, 0.1) is 11.8 Å². The van der Waals surface area contributed by atoms with Crippen molar-refractivity contribution in [2.45, 2.75) is 44.1 Å². The number of fused-ring (bicyclic) bond motifs is 4. The lowest BCUT2D eigenvalue weighted by molar-refractivity contribution is -0.162. The van der Waals surface area contributed by atoms with Crippen molar-refractivity contribution in [1.82, 2.24) is 9.88 Å². The first-order chi connectivity index (χ1) is 12.2. The van der Waals surface area contributed by atoms with Crippen molar-refractivity contribution in [3.05, 3.63) is 35.5 Å². The standard InChI is InChI=1S/C21H26N2O2/c1-3-14-10-13-11-21(20(24)25-2)18-16(8-9-23(12-13)19(14)21)15-6-4-5-7-17(15)22-18/h4-7,13-14,19,22H,3,8-12H2,1-2H3/t13-,14+,19-,21+/m1/s1. The van der Waals surface area contributed by atoms with E-state index >= 15 is 0 Å². The molecule has 25 heavy (non-hydrogen) atoms. The first-order valence-corrected chi connectivity index (χ1v) is 9.61. The first-order valence-electron chi connectivity index (χ1n) is 9.61.